The summed E-state index contributed by atoms with van der Waals surface area (Å²) in [6, 6.07) is 5.33. The number of halogens is 1. The molecule has 1 fully saturated rings. The lowest BCUT2D eigenvalue weighted by Gasteiger charge is -2.21. The predicted octanol–water partition coefficient (Wildman–Crippen LogP) is 3.85. The first-order chi connectivity index (χ1) is 8.29. The first-order valence-corrected chi connectivity index (χ1v) is 7.43. The number of nitrogens with two attached hydrogens (primary N) is 1. The number of hydrogen-bond acceptors (Lipinski definition) is 2. The van der Waals surface area contributed by atoms with Crippen LogP contribution in [0, 0.1) is 5.82 Å². The van der Waals surface area contributed by atoms with Gasteiger partial charge in [0.2, 0.25) is 0 Å². The maximum atomic E-state index is 13.3. The van der Waals surface area contributed by atoms with Gasteiger partial charge in [-0.05, 0) is 24.5 Å². The highest BCUT2D eigenvalue weighted by atomic mass is 32.2. The molecule has 0 saturated heterocycles. The second kappa shape index (κ2) is 6.41. The second-order valence-corrected chi connectivity index (χ2v) is 5.99. The number of hydrogen-bond donors (Lipinski definition) is 1. The topological polar surface area (TPSA) is 26.0 Å². The molecule has 1 aliphatic carbocycles. The molecule has 17 heavy (non-hydrogen) atoms. The average molecular weight is 253 g/mol. The molecule has 0 atom stereocenters. The summed E-state index contributed by atoms with van der Waals surface area (Å²) in [7, 11) is 0. The minimum Gasteiger partial charge on any atom is -0.326 e. The molecular formula is C14H20FNS. The van der Waals surface area contributed by atoms with Crippen LogP contribution in [0.1, 0.15) is 43.2 Å². The Hall–Kier alpha value is -0.540. The van der Waals surface area contributed by atoms with Crippen molar-refractivity contribution in [2.45, 2.75) is 49.7 Å². The van der Waals surface area contributed by atoms with E-state index in [1.54, 1.807) is 6.07 Å². The Morgan fingerprint density at radius 1 is 1.24 bits per heavy atom. The summed E-state index contributed by atoms with van der Waals surface area (Å²) in [4.78, 5) is 0. The summed E-state index contributed by atoms with van der Waals surface area (Å²) in [5.74, 6) is 0.803. The zero-order valence-corrected chi connectivity index (χ0v) is 10.9. The summed E-state index contributed by atoms with van der Waals surface area (Å²) in [5.41, 5.74) is 7.34. The normalized spacial score (nSPS) is 17.3. The van der Waals surface area contributed by atoms with Crippen LogP contribution in [-0.4, -0.2) is 5.25 Å². The van der Waals surface area contributed by atoms with Crippen molar-refractivity contribution in [2.24, 2.45) is 5.73 Å². The highest BCUT2D eigenvalue weighted by Gasteiger charge is 2.13. The van der Waals surface area contributed by atoms with E-state index >= 15 is 0 Å². The number of thioether (sulfide) groups is 1. The second-order valence-electron chi connectivity index (χ2n) is 4.70. The van der Waals surface area contributed by atoms with E-state index in [1.165, 1.54) is 37.7 Å². The van der Waals surface area contributed by atoms with E-state index in [4.69, 9.17) is 5.73 Å². The fraction of sp³-hybridized carbons (Fsp3) is 0.571. The van der Waals surface area contributed by atoms with Crippen molar-refractivity contribution in [3.8, 4) is 0 Å². The summed E-state index contributed by atoms with van der Waals surface area (Å²) < 4.78 is 13.3. The van der Waals surface area contributed by atoms with Crippen LogP contribution in [0.5, 0.6) is 0 Å². The Kier molecular flexibility index (Phi) is 4.86. The predicted molar refractivity (Wildman–Crippen MR) is 72.5 cm³/mol. The van der Waals surface area contributed by atoms with E-state index in [2.05, 4.69) is 0 Å². The standard InChI is InChI=1S/C14H20FNS/c15-14-7-6-11(8-12(14)9-16)10-17-13-4-2-1-3-5-13/h6-8,13H,1-5,9-10,16H2. The van der Waals surface area contributed by atoms with Crippen molar-refractivity contribution in [3.05, 3.63) is 35.1 Å². The van der Waals surface area contributed by atoms with E-state index in [0.717, 1.165) is 11.0 Å². The van der Waals surface area contributed by atoms with Crippen LogP contribution in [0.15, 0.2) is 18.2 Å². The van der Waals surface area contributed by atoms with Crippen molar-refractivity contribution in [1.29, 1.82) is 0 Å². The third-order valence-corrected chi connectivity index (χ3v) is 4.81. The zero-order valence-electron chi connectivity index (χ0n) is 10.1. The van der Waals surface area contributed by atoms with E-state index < -0.39 is 0 Å². The monoisotopic (exact) mass is 253 g/mol. The van der Waals surface area contributed by atoms with Crippen LogP contribution in [0.4, 0.5) is 4.39 Å². The van der Waals surface area contributed by atoms with Gasteiger partial charge < -0.3 is 5.73 Å². The van der Waals surface area contributed by atoms with Gasteiger partial charge in [0.1, 0.15) is 5.82 Å². The van der Waals surface area contributed by atoms with E-state index in [-0.39, 0.29) is 12.4 Å². The maximum Gasteiger partial charge on any atom is 0.127 e. The van der Waals surface area contributed by atoms with Crippen molar-refractivity contribution >= 4 is 11.8 Å². The first kappa shape index (κ1) is 12.9. The summed E-state index contributed by atoms with van der Waals surface area (Å²) in [5, 5.41) is 0.801. The fourth-order valence-corrected chi connectivity index (χ4v) is 3.59. The molecular weight excluding hydrogens is 233 g/mol. The molecule has 94 valence electrons. The van der Waals surface area contributed by atoms with Gasteiger partial charge in [-0.1, -0.05) is 31.4 Å². The molecule has 1 aromatic carbocycles. The van der Waals surface area contributed by atoms with E-state index in [0.29, 0.717) is 5.56 Å². The molecule has 1 saturated carbocycles. The van der Waals surface area contributed by atoms with Gasteiger partial charge in [-0.15, -0.1) is 0 Å². The van der Waals surface area contributed by atoms with Gasteiger partial charge >= 0.3 is 0 Å². The van der Waals surface area contributed by atoms with Crippen molar-refractivity contribution in [2.75, 3.05) is 0 Å². The van der Waals surface area contributed by atoms with Crippen LogP contribution < -0.4 is 5.73 Å². The Morgan fingerprint density at radius 2 is 2.00 bits per heavy atom. The molecule has 0 spiro atoms. The quantitative estimate of drug-likeness (QED) is 0.882. The molecule has 0 unspecified atom stereocenters. The van der Waals surface area contributed by atoms with E-state index in [9.17, 15) is 4.39 Å². The van der Waals surface area contributed by atoms with Crippen LogP contribution >= 0.6 is 11.8 Å². The SMILES string of the molecule is NCc1cc(CSC2CCCCC2)ccc1F. The molecule has 2 rings (SSSR count). The molecule has 1 aliphatic rings. The highest BCUT2D eigenvalue weighted by Crippen LogP contribution is 2.30. The summed E-state index contributed by atoms with van der Waals surface area (Å²) in [6.45, 7) is 0.285. The minimum absolute atomic E-state index is 0.182. The van der Waals surface area contributed by atoms with Gasteiger partial charge in [0.25, 0.3) is 0 Å². The lowest BCUT2D eigenvalue weighted by Crippen LogP contribution is -2.08. The van der Waals surface area contributed by atoms with Crippen molar-refractivity contribution in [1.82, 2.24) is 0 Å². The average Bonchev–Trinajstić information content (AvgIpc) is 2.39. The molecule has 0 heterocycles. The Labute approximate surface area is 107 Å². The summed E-state index contributed by atoms with van der Waals surface area (Å²) >= 11 is 2.01. The lowest BCUT2D eigenvalue weighted by atomic mass is 10.0. The molecule has 1 aromatic rings. The van der Waals surface area contributed by atoms with Gasteiger partial charge in [0, 0.05) is 23.1 Å². The van der Waals surface area contributed by atoms with Gasteiger partial charge in [-0.2, -0.15) is 11.8 Å². The van der Waals surface area contributed by atoms with Crippen molar-refractivity contribution in [3.63, 3.8) is 0 Å². The molecule has 3 heteroatoms. The van der Waals surface area contributed by atoms with Crippen LogP contribution in [0.2, 0.25) is 0 Å². The Morgan fingerprint density at radius 3 is 2.71 bits per heavy atom. The number of benzene rings is 1. The van der Waals surface area contributed by atoms with Gasteiger partial charge in [-0.3, -0.25) is 0 Å². The van der Waals surface area contributed by atoms with Crippen LogP contribution in [0.3, 0.4) is 0 Å². The Bertz CT molecular complexity index is 361. The van der Waals surface area contributed by atoms with Crippen molar-refractivity contribution < 1.29 is 4.39 Å². The maximum absolute atomic E-state index is 13.3. The lowest BCUT2D eigenvalue weighted by molar-refractivity contribution is 0.516. The third-order valence-electron chi connectivity index (χ3n) is 3.37. The molecule has 2 N–H and O–H groups in total. The Balaban J connectivity index is 1.89. The minimum atomic E-state index is -0.182. The largest absolute Gasteiger partial charge is 0.326 e. The summed E-state index contributed by atoms with van der Waals surface area (Å²) in [6.07, 6.45) is 6.82. The smallest absolute Gasteiger partial charge is 0.127 e. The van der Waals surface area contributed by atoms with Gasteiger partial charge in [0.15, 0.2) is 0 Å². The molecule has 0 radical (unpaired) electrons. The first-order valence-electron chi connectivity index (χ1n) is 6.38. The van der Waals surface area contributed by atoms with Gasteiger partial charge in [-0.25, -0.2) is 4.39 Å². The number of rotatable bonds is 4. The molecule has 0 amide bonds. The van der Waals surface area contributed by atoms with Gasteiger partial charge in [0.05, 0.1) is 0 Å². The zero-order chi connectivity index (χ0) is 12.1. The van der Waals surface area contributed by atoms with Crippen LogP contribution in [-0.2, 0) is 12.3 Å². The highest BCUT2D eigenvalue weighted by molar-refractivity contribution is 7.99. The van der Waals surface area contributed by atoms with E-state index in [1.807, 2.05) is 23.9 Å². The van der Waals surface area contributed by atoms with Crippen LogP contribution in [0.25, 0.3) is 0 Å². The third kappa shape index (κ3) is 3.71. The molecule has 0 aliphatic heterocycles. The molecule has 0 bridgehead atoms. The molecule has 1 nitrogen and oxygen atoms in total. The fourth-order valence-electron chi connectivity index (χ4n) is 2.32. The molecule has 0 aromatic heterocycles.